The second-order valence-corrected chi connectivity index (χ2v) is 5.64. The van der Waals surface area contributed by atoms with E-state index >= 15 is 0 Å². The zero-order chi connectivity index (χ0) is 12.4. The molecule has 0 N–H and O–H groups in total. The lowest BCUT2D eigenvalue weighted by Crippen LogP contribution is -2.27. The summed E-state index contributed by atoms with van der Waals surface area (Å²) < 4.78 is 0.951. The van der Waals surface area contributed by atoms with E-state index in [1.165, 1.54) is 12.8 Å². The Kier molecular flexibility index (Phi) is 4.00. The van der Waals surface area contributed by atoms with E-state index in [0.29, 0.717) is 6.54 Å². The maximum atomic E-state index is 12.3. The first-order chi connectivity index (χ1) is 8.08. The van der Waals surface area contributed by atoms with Gasteiger partial charge in [-0.1, -0.05) is 11.6 Å². The zero-order valence-corrected chi connectivity index (χ0v) is 12.0. The Hall–Kier alpha value is -0.670. The van der Waals surface area contributed by atoms with Gasteiger partial charge in [0.25, 0.3) is 0 Å². The number of halogens is 1. The molecule has 2 rings (SSSR count). The van der Waals surface area contributed by atoms with Crippen molar-refractivity contribution in [2.24, 2.45) is 0 Å². The summed E-state index contributed by atoms with van der Waals surface area (Å²) in [6.07, 6.45) is 2.45. The van der Waals surface area contributed by atoms with Crippen LogP contribution in [0.25, 0.3) is 0 Å². The van der Waals surface area contributed by atoms with Gasteiger partial charge < -0.3 is 0 Å². The van der Waals surface area contributed by atoms with E-state index in [2.05, 4.69) is 26.9 Å². The highest BCUT2D eigenvalue weighted by atomic mass is 79.9. The van der Waals surface area contributed by atoms with Crippen molar-refractivity contribution < 1.29 is 4.79 Å². The number of rotatable bonds is 3. The lowest BCUT2D eigenvalue weighted by Gasteiger charge is -2.15. The molecule has 1 fully saturated rings. The molecule has 1 saturated heterocycles. The quantitative estimate of drug-likeness (QED) is 0.797. The first kappa shape index (κ1) is 12.8. The highest BCUT2D eigenvalue weighted by Crippen LogP contribution is 2.24. The van der Waals surface area contributed by atoms with E-state index < -0.39 is 0 Å². The minimum Gasteiger partial charge on any atom is -0.296 e. The topological polar surface area (TPSA) is 20.3 Å². The van der Waals surface area contributed by atoms with Crippen LogP contribution in [0.15, 0.2) is 16.6 Å². The molecule has 0 aliphatic carbocycles. The molecule has 1 aromatic rings. The molecule has 92 valence electrons. The maximum Gasteiger partial charge on any atom is 0.177 e. The van der Waals surface area contributed by atoms with Gasteiger partial charge in [0.1, 0.15) is 0 Å². The van der Waals surface area contributed by atoms with Crippen molar-refractivity contribution in [2.75, 3.05) is 19.6 Å². The van der Waals surface area contributed by atoms with Gasteiger partial charge in [0, 0.05) is 10.0 Å². The Morgan fingerprint density at radius 3 is 2.59 bits per heavy atom. The molecule has 0 spiro atoms. The number of ketones is 1. The standard InChI is InChI=1S/C14H18BrNO/c1-10-7-11(2)14(15)12(8-10)13(17)9-16-5-3-4-6-16/h7-8H,3-6,9H2,1-2H3. The van der Waals surface area contributed by atoms with Crippen molar-refractivity contribution in [3.05, 3.63) is 33.3 Å². The smallest absolute Gasteiger partial charge is 0.177 e. The predicted molar refractivity (Wildman–Crippen MR) is 73.6 cm³/mol. The summed E-state index contributed by atoms with van der Waals surface area (Å²) in [5.74, 6) is 0.227. The van der Waals surface area contributed by atoms with E-state index in [1.54, 1.807) is 0 Å². The van der Waals surface area contributed by atoms with Crippen molar-refractivity contribution >= 4 is 21.7 Å². The molecule has 0 unspecified atom stereocenters. The Bertz CT molecular complexity index is 436. The molecule has 1 heterocycles. The van der Waals surface area contributed by atoms with Gasteiger partial charge in [0.2, 0.25) is 0 Å². The van der Waals surface area contributed by atoms with Gasteiger partial charge in [0.15, 0.2) is 5.78 Å². The molecule has 0 amide bonds. The Morgan fingerprint density at radius 2 is 1.94 bits per heavy atom. The fraction of sp³-hybridized carbons (Fsp3) is 0.500. The third kappa shape index (κ3) is 2.96. The summed E-state index contributed by atoms with van der Waals surface area (Å²) in [4.78, 5) is 14.5. The van der Waals surface area contributed by atoms with Crippen molar-refractivity contribution in [3.8, 4) is 0 Å². The van der Waals surface area contributed by atoms with Gasteiger partial charge in [-0.25, -0.2) is 0 Å². The zero-order valence-electron chi connectivity index (χ0n) is 10.4. The number of carbonyl (C=O) groups excluding carboxylic acids is 1. The fourth-order valence-corrected chi connectivity index (χ4v) is 2.83. The maximum absolute atomic E-state index is 12.3. The van der Waals surface area contributed by atoms with Crippen LogP contribution in [0.1, 0.15) is 34.3 Å². The summed E-state index contributed by atoms with van der Waals surface area (Å²) in [5.41, 5.74) is 3.11. The number of hydrogen-bond acceptors (Lipinski definition) is 2. The average molecular weight is 296 g/mol. The normalized spacial score (nSPS) is 16.4. The van der Waals surface area contributed by atoms with Gasteiger partial charge >= 0.3 is 0 Å². The van der Waals surface area contributed by atoms with E-state index in [9.17, 15) is 4.79 Å². The summed E-state index contributed by atoms with van der Waals surface area (Å²) in [5, 5.41) is 0. The lowest BCUT2D eigenvalue weighted by molar-refractivity contribution is 0.0944. The van der Waals surface area contributed by atoms with E-state index in [4.69, 9.17) is 0 Å². The monoisotopic (exact) mass is 295 g/mol. The van der Waals surface area contributed by atoms with Gasteiger partial charge in [-0.2, -0.15) is 0 Å². The lowest BCUT2D eigenvalue weighted by atomic mass is 10.0. The summed E-state index contributed by atoms with van der Waals surface area (Å²) in [6, 6.07) is 4.08. The average Bonchev–Trinajstić information content (AvgIpc) is 2.76. The third-order valence-corrected chi connectivity index (χ3v) is 4.32. The Labute approximate surface area is 111 Å². The van der Waals surface area contributed by atoms with Gasteiger partial charge in [-0.15, -0.1) is 0 Å². The van der Waals surface area contributed by atoms with Crippen molar-refractivity contribution in [3.63, 3.8) is 0 Å². The number of carbonyl (C=O) groups is 1. The molecule has 3 heteroatoms. The van der Waals surface area contributed by atoms with Gasteiger partial charge in [0.05, 0.1) is 6.54 Å². The predicted octanol–water partition coefficient (Wildman–Crippen LogP) is 3.34. The first-order valence-corrected chi connectivity index (χ1v) is 6.89. The van der Waals surface area contributed by atoms with E-state index in [-0.39, 0.29) is 5.78 Å². The second-order valence-electron chi connectivity index (χ2n) is 4.85. The van der Waals surface area contributed by atoms with Crippen molar-refractivity contribution in [1.82, 2.24) is 4.90 Å². The van der Waals surface area contributed by atoms with Gasteiger partial charge in [-0.05, 0) is 67.3 Å². The van der Waals surface area contributed by atoms with Crippen LogP contribution in [0.3, 0.4) is 0 Å². The van der Waals surface area contributed by atoms with Gasteiger partial charge in [-0.3, -0.25) is 9.69 Å². The van der Waals surface area contributed by atoms with Crippen LogP contribution >= 0.6 is 15.9 Å². The molecule has 2 nitrogen and oxygen atoms in total. The number of aryl methyl sites for hydroxylation is 2. The molecule has 0 atom stereocenters. The minimum absolute atomic E-state index is 0.227. The number of benzene rings is 1. The fourth-order valence-electron chi connectivity index (χ4n) is 2.38. The SMILES string of the molecule is Cc1cc(C)c(Br)c(C(=O)CN2CCCC2)c1. The Morgan fingerprint density at radius 1 is 1.29 bits per heavy atom. The minimum atomic E-state index is 0.227. The summed E-state index contributed by atoms with van der Waals surface area (Å²) in [6.45, 7) is 6.75. The molecule has 0 saturated carbocycles. The number of Topliss-reactive ketones (excluding diaryl/α,β-unsaturated/α-hetero) is 1. The number of nitrogens with zero attached hydrogens (tertiary/aromatic N) is 1. The molecule has 0 bridgehead atoms. The van der Waals surface area contributed by atoms with Crippen LogP contribution in [0.5, 0.6) is 0 Å². The van der Waals surface area contributed by atoms with Crippen molar-refractivity contribution in [1.29, 1.82) is 0 Å². The largest absolute Gasteiger partial charge is 0.296 e. The second kappa shape index (κ2) is 5.32. The molecule has 17 heavy (non-hydrogen) atoms. The number of hydrogen-bond donors (Lipinski definition) is 0. The first-order valence-electron chi connectivity index (χ1n) is 6.10. The molecule has 0 aromatic heterocycles. The summed E-state index contributed by atoms with van der Waals surface area (Å²) in [7, 11) is 0. The molecule has 1 aromatic carbocycles. The van der Waals surface area contributed by atoms with E-state index in [0.717, 1.165) is 34.3 Å². The van der Waals surface area contributed by atoms with Crippen LogP contribution in [0, 0.1) is 13.8 Å². The molecular weight excluding hydrogens is 278 g/mol. The van der Waals surface area contributed by atoms with E-state index in [1.807, 2.05) is 19.9 Å². The Balaban J connectivity index is 2.18. The third-order valence-electron chi connectivity index (χ3n) is 3.27. The molecule has 0 radical (unpaired) electrons. The van der Waals surface area contributed by atoms with Crippen LogP contribution in [-0.4, -0.2) is 30.3 Å². The molecule has 1 aliphatic heterocycles. The van der Waals surface area contributed by atoms with Crippen LogP contribution < -0.4 is 0 Å². The highest BCUT2D eigenvalue weighted by Gasteiger charge is 2.18. The van der Waals surface area contributed by atoms with Crippen LogP contribution in [0.4, 0.5) is 0 Å². The number of likely N-dealkylation sites (tertiary alicyclic amines) is 1. The highest BCUT2D eigenvalue weighted by molar-refractivity contribution is 9.10. The molecular formula is C14H18BrNO. The molecule has 1 aliphatic rings. The van der Waals surface area contributed by atoms with Crippen molar-refractivity contribution in [2.45, 2.75) is 26.7 Å². The van der Waals surface area contributed by atoms with Crippen LogP contribution in [-0.2, 0) is 0 Å². The summed E-state index contributed by atoms with van der Waals surface area (Å²) >= 11 is 3.52. The van der Waals surface area contributed by atoms with Crippen LogP contribution in [0.2, 0.25) is 0 Å².